The molecule has 0 radical (unpaired) electrons. The molecule has 5 nitrogen and oxygen atoms in total. The number of carboxylic acids is 2. The van der Waals surface area contributed by atoms with Gasteiger partial charge in [-0.3, -0.25) is 9.59 Å². The number of fused-ring (bicyclic) bond motifs is 1. The van der Waals surface area contributed by atoms with Crippen LogP contribution in [0, 0.1) is 0 Å². The summed E-state index contributed by atoms with van der Waals surface area (Å²) in [7, 11) is 1.59. The molecule has 0 amide bonds. The van der Waals surface area contributed by atoms with Crippen LogP contribution in [0.2, 0.25) is 0 Å². The van der Waals surface area contributed by atoms with Gasteiger partial charge in [0.2, 0.25) is 0 Å². The molecule has 0 bridgehead atoms. The Morgan fingerprint density at radius 2 is 1.57 bits per heavy atom. The molecule has 2 rings (SSSR count). The summed E-state index contributed by atoms with van der Waals surface area (Å²) in [6.07, 6.45) is -0.401. The summed E-state index contributed by atoms with van der Waals surface area (Å²) < 4.78 is 5.15. The molecule has 0 unspecified atom stereocenters. The van der Waals surface area contributed by atoms with Crippen molar-refractivity contribution < 1.29 is 24.5 Å². The van der Waals surface area contributed by atoms with Crippen LogP contribution in [0.15, 0.2) is 36.4 Å². The van der Waals surface area contributed by atoms with Crippen molar-refractivity contribution in [3.63, 3.8) is 0 Å². The van der Waals surface area contributed by atoms with E-state index < -0.39 is 17.9 Å². The highest BCUT2D eigenvalue weighted by atomic mass is 16.5. The van der Waals surface area contributed by atoms with Crippen molar-refractivity contribution in [2.75, 3.05) is 7.11 Å². The molecule has 0 fully saturated rings. The summed E-state index contributed by atoms with van der Waals surface area (Å²) in [5, 5.41) is 19.7. The van der Waals surface area contributed by atoms with E-state index in [-0.39, 0.29) is 12.8 Å². The monoisotopic (exact) mass is 288 g/mol. The standard InChI is InChI=1S/C16H16O5/c1-21-14-5-4-10-6-11(2-3-12(10)7-14)13(8-15(17)18)9-16(19)20/h2-7,13H,8-9H2,1H3,(H,17,18)(H,19,20). The first kappa shape index (κ1) is 14.8. The van der Waals surface area contributed by atoms with Crippen molar-refractivity contribution in [3.05, 3.63) is 42.0 Å². The summed E-state index contributed by atoms with van der Waals surface area (Å²) in [4.78, 5) is 21.8. The summed E-state index contributed by atoms with van der Waals surface area (Å²) in [6.45, 7) is 0. The number of aliphatic carboxylic acids is 2. The minimum absolute atomic E-state index is 0.200. The van der Waals surface area contributed by atoms with Crippen molar-refractivity contribution in [3.8, 4) is 5.75 Å². The van der Waals surface area contributed by atoms with Gasteiger partial charge in [-0.05, 0) is 28.5 Å². The molecule has 0 heterocycles. The highest BCUT2D eigenvalue weighted by Gasteiger charge is 2.19. The Hall–Kier alpha value is -2.56. The molecule has 0 saturated carbocycles. The van der Waals surface area contributed by atoms with E-state index in [1.165, 1.54) is 0 Å². The summed E-state index contributed by atoms with van der Waals surface area (Å²) in [5.74, 6) is -1.80. The van der Waals surface area contributed by atoms with E-state index in [2.05, 4.69) is 0 Å². The van der Waals surface area contributed by atoms with E-state index in [9.17, 15) is 9.59 Å². The minimum atomic E-state index is -1.00. The number of ether oxygens (including phenoxy) is 1. The molecule has 0 atom stereocenters. The minimum Gasteiger partial charge on any atom is -0.497 e. The third-order valence-electron chi connectivity index (χ3n) is 3.38. The average molecular weight is 288 g/mol. The second-order valence-corrected chi connectivity index (χ2v) is 4.87. The molecule has 2 N–H and O–H groups in total. The molecule has 5 heteroatoms. The van der Waals surface area contributed by atoms with E-state index in [1.807, 2.05) is 30.3 Å². The van der Waals surface area contributed by atoms with Crippen LogP contribution in [-0.2, 0) is 9.59 Å². The number of carboxylic acid groups (broad SMARTS) is 2. The lowest BCUT2D eigenvalue weighted by atomic mass is 9.91. The summed E-state index contributed by atoms with van der Waals surface area (Å²) in [5.41, 5.74) is 0.720. The number of hydrogen-bond acceptors (Lipinski definition) is 3. The fourth-order valence-electron chi connectivity index (χ4n) is 2.35. The normalized spacial score (nSPS) is 10.8. The fraction of sp³-hybridized carbons (Fsp3) is 0.250. The van der Waals surface area contributed by atoms with Crippen molar-refractivity contribution in [1.82, 2.24) is 0 Å². The van der Waals surface area contributed by atoms with Gasteiger partial charge in [0.05, 0.1) is 20.0 Å². The van der Waals surface area contributed by atoms with E-state index in [1.54, 1.807) is 13.2 Å². The lowest BCUT2D eigenvalue weighted by molar-refractivity contribution is -0.139. The van der Waals surface area contributed by atoms with E-state index >= 15 is 0 Å². The highest BCUT2D eigenvalue weighted by Crippen LogP contribution is 2.28. The van der Waals surface area contributed by atoms with Crippen LogP contribution in [0.1, 0.15) is 24.3 Å². The summed E-state index contributed by atoms with van der Waals surface area (Å²) >= 11 is 0. The zero-order valence-corrected chi connectivity index (χ0v) is 11.6. The first-order valence-corrected chi connectivity index (χ1v) is 6.51. The number of methoxy groups -OCH3 is 1. The van der Waals surface area contributed by atoms with Gasteiger partial charge in [0.15, 0.2) is 0 Å². The van der Waals surface area contributed by atoms with E-state index in [0.717, 1.165) is 22.1 Å². The van der Waals surface area contributed by atoms with Crippen LogP contribution in [-0.4, -0.2) is 29.3 Å². The zero-order valence-electron chi connectivity index (χ0n) is 11.6. The number of hydrogen-bond donors (Lipinski definition) is 2. The van der Waals surface area contributed by atoms with Gasteiger partial charge in [-0.15, -0.1) is 0 Å². The first-order chi connectivity index (χ1) is 9.99. The fourth-order valence-corrected chi connectivity index (χ4v) is 2.35. The van der Waals surface area contributed by atoms with E-state index in [4.69, 9.17) is 14.9 Å². The molecular weight excluding hydrogens is 272 g/mol. The van der Waals surface area contributed by atoms with Crippen LogP contribution >= 0.6 is 0 Å². The van der Waals surface area contributed by atoms with Crippen LogP contribution in [0.4, 0.5) is 0 Å². The SMILES string of the molecule is COc1ccc2cc(C(CC(=O)O)CC(=O)O)ccc2c1. The van der Waals surface area contributed by atoms with Gasteiger partial charge < -0.3 is 14.9 Å². The molecule has 0 aliphatic rings. The molecular formula is C16H16O5. The third kappa shape index (κ3) is 3.72. The van der Waals surface area contributed by atoms with Gasteiger partial charge in [-0.25, -0.2) is 0 Å². The van der Waals surface area contributed by atoms with Gasteiger partial charge in [-0.2, -0.15) is 0 Å². The molecule has 0 spiro atoms. The first-order valence-electron chi connectivity index (χ1n) is 6.51. The third-order valence-corrected chi connectivity index (χ3v) is 3.38. The lowest BCUT2D eigenvalue weighted by Crippen LogP contribution is -2.11. The predicted octanol–water partition coefficient (Wildman–Crippen LogP) is 2.88. The molecule has 0 saturated heterocycles. The molecule has 0 aliphatic carbocycles. The maximum atomic E-state index is 10.9. The van der Waals surface area contributed by atoms with Crippen LogP contribution in [0.25, 0.3) is 10.8 Å². The van der Waals surface area contributed by atoms with Crippen molar-refractivity contribution in [1.29, 1.82) is 0 Å². The van der Waals surface area contributed by atoms with Crippen LogP contribution < -0.4 is 4.74 Å². The maximum Gasteiger partial charge on any atom is 0.303 e. The number of benzene rings is 2. The predicted molar refractivity (Wildman–Crippen MR) is 77.7 cm³/mol. The Labute approximate surface area is 121 Å². The second-order valence-electron chi connectivity index (χ2n) is 4.87. The molecule has 0 aromatic heterocycles. The number of rotatable bonds is 6. The lowest BCUT2D eigenvalue weighted by Gasteiger charge is -2.14. The van der Waals surface area contributed by atoms with E-state index in [0.29, 0.717) is 0 Å². The summed E-state index contributed by atoms with van der Waals surface area (Å²) in [6, 6.07) is 11.0. The topological polar surface area (TPSA) is 83.8 Å². The Kier molecular flexibility index (Phi) is 4.42. The molecule has 0 aliphatic heterocycles. The largest absolute Gasteiger partial charge is 0.497 e. The molecule has 2 aromatic carbocycles. The van der Waals surface area contributed by atoms with Crippen LogP contribution in [0.5, 0.6) is 5.75 Å². The Morgan fingerprint density at radius 1 is 1.00 bits per heavy atom. The van der Waals surface area contributed by atoms with Crippen molar-refractivity contribution in [2.24, 2.45) is 0 Å². The smallest absolute Gasteiger partial charge is 0.303 e. The van der Waals surface area contributed by atoms with Crippen molar-refractivity contribution >= 4 is 22.7 Å². The van der Waals surface area contributed by atoms with Crippen molar-refractivity contribution in [2.45, 2.75) is 18.8 Å². The van der Waals surface area contributed by atoms with Gasteiger partial charge in [0.1, 0.15) is 5.75 Å². The molecule has 21 heavy (non-hydrogen) atoms. The Morgan fingerprint density at radius 3 is 2.14 bits per heavy atom. The maximum absolute atomic E-state index is 10.9. The van der Waals surface area contributed by atoms with Gasteiger partial charge in [0.25, 0.3) is 0 Å². The number of carbonyl (C=O) groups is 2. The van der Waals surface area contributed by atoms with Gasteiger partial charge in [0, 0.05) is 5.92 Å². The zero-order chi connectivity index (χ0) is 15.4. The second kappa shape index (κ2) is 6.26. The molecule has 2 aromatic rings. The van der Waals surface area contributed by atoms with Gasteiger partial charge >= 0.3 is 11.9 Å². The Balaban J connectivity index is 2.38. The quantitative estimate of drug-likeness (QED) is 0.853. The van der Waals surface area contributed by atoms with Gasteiger partial charge in [-0.1, -0.05) is 24.3 Å². The van der Waals surface area contributed by atoms with Crippen LogP contribution in [0.3, 0.4) is 0 Å². The molecule has 110 valence electrons. The Bertz CT molecular complexity index is 661. The average Bonchev–Trinajstić information content (AvgIpc) is 2.44. The highest BCUT2D eigenvalue weighted by molar-refractivity contribution is 5.85.